The molecule has 0 bridgehead atoms. The summed E-state index contributed by atoms with van der Waals surface area (Å²) in [7, 11) is 2.45. The topological polar surface area (TPSA) is 67.0 Å². The van der Waals surface area contributed by atoms with Gasteiger partial charge in [-0.2, -0.15) is 5.26 Å². The van der Waals surface area contributed by atoms with Crippen LogP contribution in [-0.2, 0) is 18.0 Å². The second kappa shape index (κ2) is 7.22. The quantitative estimate of drug-likeness (QED) is 0.734. The minimum absolute atomic E-state index is 0.0352. The van der Waals surface area contributed by atoms with Crippen molar-refractivity contribution >= 4 is 27.6 Å². The molecule has 0 spiro atoms. The minimum Gasteiger partial charge on any atom is -0.497 e. The first-order valence-electron chi connectivity index (χ1n) is 8.30. The third-order valence-corrected chi connectivity index (χ3v) is 5.62. The van der Waals surface area contributed by atoms with Crippen LogP contribution in [0.5, 0.6) is 5.75 Å². The minimum atomic E-state index is -1.12. The normalized spacial score (nSPS) is 12.2. The van der Waals surface area contributed by atoms with Crippen molar-refractivity contribution in [1.82, 2.24) is 4.57 Å². The van der Waals surface area contributed by atoms with Crippen LogP contribution >= 0.6 is 0 Å². The van der Waals surface area contributed by atoms with E-state index in [1.54, 1.807) is 7.11 Å². The van der Waals surface area contributed by atoms with E-state index in [0.29, 0.717) is 5.56 Å². The summed E-state index contributed by atoms with van der Waals surface area (Å²) in [6.45, 7) is 3.81. The molecule has 1 N–H and O–H groups in total. The molecule has 0 amide bonds. The average molecular weight is 367 g/mol. The van der Waals surface area contributed by atoms with Gasteiger partial charge in [0.2, 0.25) is 0 Å². The van der Waals surface area contributed by atoms with Gasteiger partial charge in [-0.25, -0.2) is 4.21 Å². The first kappa shape index (κ1) is 18.0. The molecule has 0 saturated carbocycles. The van der Waals surface area contributed by atoms with Crippen molar-refractivity contribution in [3.63, 3.8) is 0 Å². The molecular weight excluding hydrogens is 346 g/mol. The highest BCUT2D eigenvalue weighted by Crippen LogP contribution is 2.34. The smallest absolute Gasteiger partial charge is 0.120 e. The number of ether oxygens (including phenoxy) is 1. The molecule has 0 radical (unpaired) electrons. The predicted molar refractivity (Wildman–Crippen MR) is 107 cm³/mol. The van der Waals surface area contributed by atoms with Crippen molar-refractivity contribution in [1.29, 1.82) is 5.26 Å². The van der Waals surface area contributed by atoms with Crippen molar-refractivity contribution < 1.29 is 8.95 Å². The van der Waals surface area contributed by atoms with E-state index in [2.05, 4.69) is 10.8 Å². The van der Waals surface area contributed by atoms with E-state index in [4.69, 9.17) is 4.74 Å². The summed E-state index contributed by atoms with van der Waals surface area (Å²) in [5.41, 5.74) is 4.16. The highest BCUT2D eigenvalue weighted by molar-refractivity contribution is 7.86. The average Bonchev–Trinajstić information content (AvgIpc) is 2.93. The van der Waals surface area contributed by atoms with Crippen LogP contribution in [0, 0.1) is 11.3 Å². The van der Waals surface area contributed by atoms with Crippen molar-refractivity contribution in [2.45, 2.75) is 19.1 Å². The molecular formula is C20H21N3O2S. The first-order valence-corrected chi connectivity index (χ1v) is 9.51. The zero-order valence-electron chi connectivity index (χ0n) is 15.2. The van der Waals surface area contributed by atoms with Crippen molar-refractivity contribution in [3.05, 3.63) is 48.0 Å². The zero-order valence-corrected chi connectivity index (χ0v) is 16.1. The Morgan fingerprint density at radius 1 is 1.19 bits per heavy atom. The van der Waals surface area contributed by atoms with E-state index in [1.807, 2.05) is 67.9 Å². The third kappa shape index (κ3) is 3.18. The summed E-state index contributed by atoms with van der Waals surface area (Å²) >= 11 is 0. The third-order valence-electron chi connectivity index (χ3n) is 4.32. The lowest BCUT2D eigenvalue weighted by Gasteiger charge is -2.10. The van der Waals surface area contributed by atoms with E-state index < -0.39 is 11.0 Å². The Labute approximate surface area is 155 Å². The summed E-state index contributed by atoms with van der Waals surface area (Å²) in [4.78, 5) is 0. The summed E-state index contributed by atoms with van der Waals surface area (Å²) in [5, 5.41) is 10.6. The molecule has 1 aromatic heterocycles. The van der Waals surface area contributed by atoms with Gasteiger partial charge in [-0.15, -0.1) is 0 Å². The van der Waals surface area contributed by atoms with Crippen LogP contribution in [0.3, 0.4) is 0 Å². The van der Waals surface area contributed by atoms with Gasteiger partial charge in [0.25, 0.3) is 0 Å². The lowest BCUT2D eigenvalue weighted by atomic mass is 10.1. The molecule has 1 atom stereocenters. The Hall–Kier alpha value is -2.78. The molecule has 1 heterocycles. The van der Waals surface area contributed by atoms with Crippen LogP contribution in [0.1, 0.15) is 19.4 Å². The number of benzene rings is 2. The van der Waals surface area contributed by atoms with E-state index in [9.17, 15) is 9.47 Å². The standard InChI is InChI=1S/C20H21N3O2S/c1-13(2)26(24)22-15-7-5-14(6-8-15)20-18(12-21)17-10-9-16(25-4)11-19(17)23(20)3/h5-11,13,22H,1-4H3. The fourth-order valence-corrected chi connectivity index (χ4v) is 3.53. The number of aromatic nitrogens is 1. The summed E-state index contributed by atoms with van der Waals surface area (Å²) in [6.07, 6.45) is 0. The van der Waals surface area contributed by atoms with Crippen LogP contribution in [0.15, 0.2) is 42.5 Å². The molecule has 0 fully saturated rings. The number of fused-ring (bicyclic) bond motifs is 1. The number of aryl methyl sites for hydroxylation is 1. The van der Waals surface area contributed by atoms with Gasteiger partial charge in [-0.05, 0) is 43.7 Å². The molecule has 6 heteroatoms. The maximum Gasteiger partial charge on any atom is 0.120 e. The number of anilines is 1. The van der Waals surface area contributed by atoms with Gasteiger partial charge in [0.1, 0.15) is 22.8 Å². The molecule has 26 heavy (non-hydrogen) atoms. The van der Waals surface area contributed by atoms with Gasteiger partial charge in [-0.1, -0.05) is 12.1 Å². The lowest BCUT2D eigenvalue weighted by Crippen LogP contribution is -2.14. The fraction of sp³-hybridized carbons (Fsp3) is 0.250. The Morgan fingerprint density at radius 2 is 1.88 bits per heavy atom. The monoisotopic (exact) mass is 367 g/mol. The molecule has 2 aromatic carbocycles. The number of nitrogens with zero attached hydrogens (tertiary/aromatic N) is 2. The maximum absolute atomic E-state index is 11.9. The Morgan fingerprint density at radius 3 is 2.46 bits per heavy atom. The number of hydrogen-bond acceptors (Lipinski definition) is 3. The molecule has 3 aromatic rings. The van der Waals surface area contributed by atoms with Crippen LogP contribution < -0.4 is 9.46 Å². The SMILES string of the molecule is COc1ccc2c(C#N)c(-c3ccc(NS(=O)C(C)C)cc3)n(C)c2c1. The van der Waals surface area contributed by atoms with E-state index in [0.717, 1.165) is 33.6 Å². The lowest BCUT2D eigenvalue weighted by molar-refractivity contribution is 0.415. The van der Waals surface area contributed by atoms with Gasteiger partial charge in [0.15, 0.2) is 0 Å². The summed E-state index contributed by atoms with van der Waals surface area (Å²) in [6, 6.07) is 15.7. The van der Waals surface area contributed by atoms with Crippen molar-refractivity contribution in [3.8, 4) is 23.1 Å². The number of rotatable bonds is 5. The van der Waals surface area contributed by atoms with E-state index in [1.165, 1.54) is 0 Å². The number of nitriles is 1. The zero-order chi connectivity index (χ0) is 18.8. The number of methoxy groups -OCH3 is 1. The molecule has 3 rings (SSSR count). The second-order valence-electron chi connectivity index (χ2n) is 6.30. The summed E-state index contributed by atoms with van der Waals surface area (Å²) in [5.74, 6) is 0.754. The van der Waals surface area contributed by atoms with Crippen LogP contribution in [0.25, 0.3) is 22.2 Å². The fourth-order valence-electron chi connectivity index (χ4n) is 2.92. The Kier molecular flexibility index (Phi) is 5.01. The maximum atomic E-state index is 11.9. The van der Waals surface area contributed by atoms with Crippen molar-refractivity contribution in [2.24, 2.45) is 7.05 Å². The summed E-state index contributed by atoms with van der Waals surface area (Å²) < 4.78 is 22.2. The highest BCUT2D eigenvalue weighted by atomic mass is 32.2. The van der Waals surface area contributed by atoms with Crippen LogP contribution in [0.2, 0.25) is 0 Å². The number of nitrogens with one attached hydrogen (secondary N) is 1. The van der Waals surface area contributed by atoms with E-state index >= 15 is 0 Å². The largest absolute Gasteiger partial charge is 0.497 e. The predicted octanol–water partition coefficient (Wildman–Crippen LogP) is 4.21. The molecule has 5 nitrogen and oxygen atoms in total. The van der Waals surface area contributed by atoms with Crippen LogP contribution in [0.4, 0.5) is 5.69 Å². The second-order valence-corrected chi connectivity index (χ2v) is 8.04. The van der Waals surface area contributed by atoms with Gasteiger partial charge in [0.05, 0.1) is 23.9 Å². The first-order chi connectivity index (χ1) is 12.5. The molecule has 0 aliphatic heterocycles. The van der Waals surface area contributed by atoms with Gasteiger partial charge in [0, 0.05) is 29.4 Å². The Balaban J connectivity index is 2.06. The molecule has 1 unspecified atom stereocenters. The van der Waals surface area contributed by atoms with Gasteiger partial charge in [-0.3, -0.25) is 0 Å². The molecule has 0 aliphatic rings. The van der Waals surface area contributed by atoms with Gasteiger partial charge >= 0.3 is 0 Å². The van der Waals surface area contributed by atoms with E-state index in [-0.39, 0.29) is 5.25 Å². The molecule has 134 valence electrons. The van der Waals surface area contributed by atoms with Gasteiger partial charge < -0.3 is 14.0 Å². The molecule has 0 saturated heterocycles. The van der Waals surface area contributed by atoms with Crippen molar-refractivity contribution in [2.75, 3.05) is 11.8 Å². The molecule has 0 aliphatic carbocycles. The highest BCUT2D eigenvalue weighted by Gasteiger charge is 2.17. The Bertz CT molecular complexity index is 1010. The number of hydrogen-bond donors (Lipinski definition) is 1. The van der Waals surface area contributed by atoms with Crippen LogP contribution in [-0.4, -0.2) is 21.1 Å².